The number of nitrogens with one attached hydrogen (secondary N) is 1. The second-order valence-electron chi connectivity index (χ2n) is 6.12. The lowest BCUT2D eigenvalue weighted by Gasteiger charge is -2.15. The molecule has 0 bridgehead atoms. The molecule has 0 aliphatic carbocycles. The minimum atomic E-state index is 0.351. The summed E-state index contributed by atoms with van der Waals surface area (Å²) in [5.41, 5.74) is 4.10. The van der Waals surface area contributed by atoms with Gasteiger partial charge in [0.15, 0.2) is 0 Å². The van der Waals surface area contributed by atoms with E-state index in [4.69, 9.17) is 4.74 Å². The average molecular weight is 311 g/mol. The molecular formula is C21H29NO. The SMILES string of the molecule is CCCCOc1ccc(C(C)NCCc2ccccc2C)cc1. The molecule has 0 heterocycles. The predicted molar refractivity (Wildman–Crippen MR) is 98.1 cm³/mol. The molecular weight excluding hydrogens is 282 g/mol. The van der Waals surface area contributed by atoms with Crippen LogP contribution >= 0.6 is 0 Å². The Bertz CT molecular complexity index is 577. The van der Waals surface area contributed by atoms with Crippen molar-refractivity contribution in [1.29, 1.82) is 0 Å². The van der Waals surface area contributed by atoms with E-state index in [1.165, 1.54) is 23.1 Å². The van der Waals surface area contributed by atoms with Gasteiger partial charge in [-0.1, -0.05) is 49.7 Å². The maximum absolute atomic E-state index is 5.71. The van der Waals surface area contributed by atoms with Crippen LogP contribution in [0.5, 0.6) is 5.75 Å². The van der Waals surface area contributed by atoms with Gasteiger partial charge in [-0.05, 0) is 62.1 Å². The van der Waals surface area contributed by atoms with Crippen LogP contribution in [-0.4, -0.2) is 13.2 Å². The van der Waals surface area contributed by atoms with Crippen molar-refractivity contribution < 1.29 is 4.74 Å². The largest absolute Gasteiger partial charge is 0.494 e. The monoisotopic (exact) mass is 311 g/mol. The van der Waals surface area contributed by atoms with E-state index in [0.717, 1.165) is 31.7 Å². The zero-order valence-corrected chi connectivity index (χ0v) is 14.6. The number of rotatable bonds is 9. The molecule has 0 aliphatic heterocycles. The summed E-state index contributed by atoms with van der Waals surface area (Å²) in [7, 11) is 0. The minimum Gasteiger partial charge on any atom is -0.494 e. The van der Waals surface area contributed by atoms with Gasteiger partial charge in [0.1, 0.15) is 5.75 Å². The van der Waals surface area contributed by atoms with E-state index in [1.54, 1.807) is 0 Å². The third kappa shape index (κ3) is 5.72. The van der Waals surface area contributed by atoms with Gasteiger partial charge in [0.2, 0.25) is 0 Å². The number of benzene rings is 2. The molecule has 2 aromatic rings. The van der Waals surface area contributed by atoms with Crippen LogP contribution < -0.4 is 10.1 Å². The molecule has 2 aromatic carbocycles. The van der Waals surface area contributed by atoms with Crippen molar-refractivity contribution in [1.82, 2.24) is 5.32 Å². The molecule has 0 aliphatic rings. The molecule has 0 radical (unpaired) electrons. The Balaban J connectivity index is 1.79. The van der Waals surface area contributed by atoms with Crippen LogP contribution in [0.2, 0.25) is 0 Å². The average Bonchev–Trinajstić information content (AvgIpc) is 2.57. The lowest BCUT2D eigenvalue weighted by Crippen LogP contribution is -2.21. The molecule has 1 atom stereocenters. The summed E-state index contributed by atoms with van der Waals surface area (Å²) >= 11 is 0. The molecule has 23 heavy (non-hydrogen) atoms. The first-order valence-electron chi connectivity index (χ1n) is 8.71. The fraction of sp³-hybridized carbons (Fsp3) is 0.429. The first kappa shape index (κ1) is 17.6. The maximum Gasteiger partial charge on any atom is 0.119 e. The maximum atomic E-state index is 5.71. The highest BCUT2D eigenvalue weighted by Gasteiger charge is 2.05. The molecule has 0 spiro atoms. The third-order valence-corrected chi connectivity index (χ3v) is 4.25. The van der Waals surface area contributed by atoms with Crippen LogP contribution in [0.3, 0.4) is 0 Å². The van der Waals surface area contributed by atoms with Crippen molar-refractivity contribution >= 4 is 0 Å². The molecule has 0 saturated carbocycles. The fourth-order valence-electron chi connectivity index (χ4n) is 2.62. The van der Waals surface area contributed by atoms with Gasteiger partial charge in [0.05, 0.1) is 6.61 Å². The van der Waals surface area contributed by atoms with Crippen molar-refractivity contribution in [3.63, 3.8) is 0 Å². The quantitative estimate of drug-likeness (QED) is 0.653. The van der Waals surface area contributed by atoms with Crippen LogP contribution in [0.25, 0.3) is 0 Å². The van der Waals surface area contributed by atoms with Crippen molar-refractivity contribution in [2.24, 2.45) is 0 Å². The first-order chi connectivity index (χ1) is 11.2. The van der Waals surface area contributed by atoms with E-state index in [-0.39, 0.29) is 0 Å². The third-order valence-electron chi connectivity index (χ3n) is 4.25. The van der Waals surface area contributed by atoms with Gasteiger partial charge in [-0.15, -0.1) is 0 Å². The van der Waals surface area contributed by atoms with Gasteiger partial charge in [-0.3, -0.25) is 0 Å². The van der Waals surface area contributed by atoms with Gasteiger partial charge in [-0.25, -0.2) is 0 Å². The number of aryl methyl sites for hydroxylation is 1. The molecule has 0 amide bonds. The molecule has 124 valence electrons. The van der Waals surface area contributed by atoms with Crippen LogP contribution in [0, 0.1) is 6.92 Å². The summed E-state index contributed by atoms with van der Waals surface area (Å²) in [5, 5.41) is 3.61. The summed E-state index contributed by atoms with van der Waals surface area (Å²) < 4.78 is 5.71. The molecule has 1 unspecified atom stereocenters. The number of ether oxygens (including phenoxy) is 1. The lowest BCUT2D eigenvalue weighted by molar-refractivity contribution is 0.309. The summed E-state index contributed by atoms with van der Waals surface area (Å²) in [6.07, 6.45) is 3.34. The van der Waals surface area contributed by atoms with Crippen molar-refractivity contribution in [2.45, 2.75) is 46.1 Å². The molecule has 0 aromatic heterocycles. The van der Waals surface area contributed by atoms with Gasteiger partial charge in [0.25, 0.3) is 0 Å². The lowest BCUT2D eigenvalue weighted by atomic mass is 10.0. The van der Waals surface area contributed by atoms with Crippen LogP contribution in [0.15, 0.2) is 48.5 Å². The van der Waals surface area contributed by atoms with Gasteiger partial charge in [0, 0.05) is 6.04 Å². The molecule has 0 fully saturated rings. The van der Waals surface area contributed by atoms with E-state index in [9.17, 15) is 0 Å². The van der Waals surface area contributed by atoms with E-state index >= 15 is 0 Å². The first-order valence-corrected chi connectivity index (χ1v) is 8.71. The molecule has 2 rings (SSSR count). The highest BCUT2D eigenvalue weighted by molar-refractivity contribution is 5.29. The Kier molecular flexibility index (Phi) is 7.15. The van der Waals surface area contributed by atoms with Crippen molar-refractivity contribution in [3.8, 4) is 5.75 Å². The van der Waals surface area contributed by atoms with E-state index in [2.05, 4.69) is 74.6 Å². The van der Waals surface area contributed by atoms with Gasteiger partial charge < -0.3 is 10.1 Å². The highest BCUT2D eigenvalue weighted by atomic mass is 16.5. The Morgan fingerprint density at radius 3 is 2.48 bits per heavy atom. The van der Waals surface area contributed by atoms with E-state index in [1.807, 2.05) is 0 Å². The van der Waals surface area contributed by atoms with Crippen LogP contribution in [0.1, 0.15) is 49.4 Å². The zero-order valence-electron chi connectivity index (χ0n) is 14.6. The number of unbranched alkanes of at least 4 members (excludes halogenated alkanes) is 1. The molecule has 2 nitrogen and oxygen atoms in total. The Hall–Kier alpha value is -1.80. The number of hydrogen-bond donors (Lipinski definition) is 1. The van der Waals surface area contributed by atoms with E-state index in [0.29, 0.717) is 6.04 Å². The number of hydrogen-bond acceptors (Lipinski definition) is 2. The summed E-state index contributed by atoms with van der Waals surface area (Å²) in [6, 6.07) is 17.4. The summed E-state index contributed by atoms with van der Waals surface area (Å²) in [4.78, 5) is 0. The molecule has 2 heteroatoms. The molecule has 0 saturated heterocycles. The van der Waals surface area contributed by atoms with Crippen LogP contribution in [0.4, 0.5) is 0 Å². The Morgan fingerprint density at radius 1 is 1.04 bits per heavy atom. The summed E-state index contributed by atoms with van der Waals surface area (Å²) in [5.74, 6) is 0.967. The fourth-order valence-corrected chi connectivity index (χ4v) is 2.62. The second-order valence-corrected chi connectivity index (χ2v) is 6.12. The topological polar surface area (TPSA) is 21.3 Å². The predicted octanol–water partition coefficient (Wildman–Crippen LogP) is 5.07. The van der Waals surface area contributed by atoms with Crippen molar-refractivity contribution in [3.05, 3.63) is 65.2 Å². The van der Waals surface area contributed by atoms with Gasteiger partial charge in [-0.2, -0.15) is 0 Å². The Morgan fingerprint density at radius 2 is 1.78 bits per heavy atom. The van der Waals surface area contributed by atoms with E-state index < -0.39 is 0 Å². The minimum absolute atomic E-state index is 0.351. The zero-order chi connectivity index (χ0) is 16.5. The standard InChI is InChI=1S/C21H29NO/c1-4-5-16-23-21-12-10-20(11-13-21)18(3)22-15-14-19-9-7-6-8-17(19)2/h6-13,18,22H,4-5,14-16H2,1-3H3. The highest BCUT2D eigenvalue weighted by Crippen LogP contribution is 2.18. The van der Waals surface area contributed by atoms with Crippen molar-refractivity contribution in [2.75, 3.05) is 13.2 Å². The Labute approximate surface area is 140 Å². The smallest absolute Gasteiger partial charge is 0.119 e. The summed E-state index contributed by atoms with van der Waals surface area (Å²) in [6.45, 7) is 8.36. The second kappa shape index (κ2) is 9.36. The van der Waals surface area contributed by atoms with Gasteiger partial charge >= 0.3 is 0 Å². The molecule has 1 N–H and O–H groups in total. The normalized spacial score (nSPS) is 12.1. The van der Waals surface area contributed by atoms with Crippen LogP contribution in [-0.2, 0) is 6.42 Å².